The van der Waals surface area contributed by atoms with Crippen LogP contribution in [0.1, 0.15) is 45.1 Å². The molecular formula is C15H25FN2O. The highest BCUT2D eigenvalue weighted by atomic mass is 19.1. The Kier molecular flexibility index (Phi) is 7.41. The van der Waals surface area contributed by atoms with Gasteiger partial charge in [0.2, 0.25) is 0 Å². The molecular weight excluding hydrogens is 243 g/mol. The van der Waals surface area contributed by atoms with Gasteiger partial charge in [-0.2, -0.15) is 0 Å². The van der Waals surface area contributed by atoms with Gasteiger partial charge < -0.3 is 10.1 Å². The summed E-state index contributed by atoms with van der Waals surface area (Å²) in [6.45, 7) is 5.35. The lowest BCUT2D eigenvalue weighted by Crippen LogP contribution is -2.14. The van der Waals surface area contributed by atoms with E-state index in [0.29, 0.717) is 24.6 Å². The van der Waals surface area contributed by atoms with Gasteiger partial charge in [0.15, 0.2) is 5.82 Å². The minimum Gasteiger partial charge on any atom is -0.475 e. The fourth-order valence-corrected chi connectivity index (χ4v) is 1.98. The summed E-state index contributed by atoms with van der Waals surface area (Å²) in [4.78, 5) is 3.98. The summed E-state index contributed by atoms with van der Waals surface area (Å²) in [7, 11) is 1.79. The smallest absolute Gasteiger partial charge is 0.250 e. The van der Waals surface area contributed by atoms with Gasteiger partial charge in [-0.1, -0.05) is 33.1 Å². The number of unbranched alkanes of at least 4 members (excludes halogenated alkanes) is 1. The van der Waals surface area contributed by atoms with Crippen LogP contribution in [0.25, 0.3) is 0 Å². The summed E-state index contributed by atoms with van der Waals surface area (Å²) in [6.07, 6.45) is 6.15. The highest BCUT2D eigenvalue weighted by Gasteiger charge is 2.13. The molecule has 1 N–H and O–H groups in total. The number of nitrogens with zero attached hydrogens (tertiary/aromatic N) is 1. The van der Waals surface area contributed by atoms with Crippen molar-refractivity contribution < 1.29 is 9.13 Å². The van der Waals surface area contributed by atoms with Crippen molar-refractivity contribution in [1.82, 2.24) is 10.3 Å². The Bertz CT molecular complexity index is 371. The van der Waals surface area contributed by atoms with Gasteiger partial charge in [0.1, 0.15) is 0 Å². The summed E-state index contributed by atoms with van der Waals surface area (Å²) in [6, 6.07) is 1.67. The van der Waals surface area contributed by atoms with Crippen molar-refractivity contribution in [3.05, 3.63) is 23.6 Å². The van der Waals surface area contributed by atoms with Gasteiger partial charge in [0, 0.05) is 18.3 Å². The van der Waals surface area contributed by atoms with Crippen LogP contribution in [0.4, 0.5) is 4.39 Å². The maximum atomic E-state index is 14.0. The second-order valence-corrected chi connectivity index (χ2v) is 4.85. The second-order valence-electron chi connectivity index (χ2n) is 4.85. The molecule has 0 amide bonds. The first-order chi connectivity index (χ1) is 9.22. The zero-order valence-electron chi connectivity index (χ0n) is 12.2. The number of nitrogens with one attached hydrogen (secondary N) is 1. The first-order valence-corrected chi connectivity index (χ1v) is 7.13. The van der Waals surface area contributed by atoms with Crippen molar-refractivity contribution in [3.63, 3.8) is 0 Å². The number of hydrogen-bond acceptors (Lipinski definition) is 3. The van der Waals surface area contributed by atoms with Gasteiger partial charge in [0.05, 0.1) is 6.61 Å². The molecule has 4 heteroatoms. The molecule has 1 aromatic rings. The molecule has 0 fully saturated rings. The van der Waals surface area contributed by atoms with Crippen LogP contribution in [-0.4, -0.2) is 18.6 Å². The van der Waals surface area contributed by atoms with E-state index < -0.39 is 0 Å². The van der Waals surface area contributed by atoms with Crippen LogP contribution in [0.15, 0.2) is 12.3 Å². The third-order valence-corrected chi connectivity index (χ3v) is 3.30. The Morgan fingerprint density at radius 3 is 2.84 bits per heavy atom. The minimum absolute atomic E-state index is 0.127. The van der Waals surface area contributed by atoms with Crippen LogP contribution in [0, 0.1) is 11.7 Å². The Morgan fingerprint density at radius 1 is 1.42 bits per heavy atom. The van der Waals surface area contributed by atoms with Crippen LogP contribution < -0.4 is 10.1 Å². The molecule has 0 spiro atoms. The average molecular weight is 268 g/mol. The molecule has 19 heavy (non-hydrogen) atoms. The zero-order chi connectivity index (χ0) is 14.1. The van der Waals surface area contributed by atoms with E-state index in [4.69, 9.17) is 4.74 Å². The van der Waals surface area contributed by atoms with Gasteiger partial charge >= 0.3 is 0 Å². The highest BCUT2D eigenvalue weighted by Crippen LogP contribution is 2.20. The second kappa shape index (κ2) is 8.86. The fourth-order valence-electron chi connectivity index (χ4n) is 1.98. The maximum Gasteiger partial charge on any atom is 0.250 e. The Hall–Kier alpha value is -1.16. The number of pyridine rings is 1. The SMILES string of the molecule is CCCCC(CC)COc1nccc(CNC)c1F. The largest absolute Gasteiger partial charge is 0.475 e. The molecule has 108 valence electrons. The first kappa shape index (κ1) is 15.9. The monoisotopic (exact) mass is 268 g/mol. The lowest BCUT2D eigenvalue weighted by molar-refractivity contribution is 0.216. The van der Waals surface area contributed by atoms with Crippen molar-refractivity contribution >= 4 is 0 Å². The molecule has 1 aromatic heterocycles. The Morgan fingerprint density at radius 2 is 2.21 bits per heavy atom. The quantitative estimate of drug-likeness (QED) is 0.744. The van der Waals surface area contributed by atoms with E-state index in [9.17, 15) is 4.39 Å². The lowest BCUT2D eigenvalue weighted by Gasteiger charge is -2.15. The average Bonchev–Trinajstić information content (AvgIpc) is 2.43. The maximum absolute atomic E-state index is 14.0. The van der Waals surface area contributed by atoms with Gasteiger partial charge in [-0.25, -0.2) is 9.37 Å². The molecule has 1 unspecified atom stereocenters. The molecule has 0 aromatic carbocycles. The van der Waals surface area contributed by atoms with Crippen molar-refractivity contribution in [2.24, 2.45) is 5.92 Å². The van der Waals surface area contributed by atoms with Crippen molar-refractivity contribution in [1.29, 1.82) is 0 Å². The Labute approximate surface area is 115 Å². The van der Waals surface area contributed by atoms with E-state index in [2.05, 4.69) is 24.1 Å². The van der Waals surface area contributed by atoms with Gasteiger partial charge in [0.25, 0.3) is 5.88 Å². The molecule has 0 aliphatic heterocycles. The van der Waals surface area contributed by atoms with Crippen LogP contribution in [-0.2, 0) is 6.54 Å². The van der Waals surface area contributed by atoms with Crippen LogP contribution >= 0.6 is 0 Å². The van der Waals surface area contributed by atoms with Crippen molar-refractivity contribution in [2.45, 2.75) is 46.1 Å². The lowest BCUT2D eigenvalue weighted by atomic mass is 10.0. The molecule has 3 nitrogen and oxygen atoms in total. The van der Waals surface area contributed by atoms with Crippen LogP contribution in [0.3, 0.4) is 0 Å². The predicted octanol–water partition coefficient (Wildman–Crippen LogP) is 3.54. The number of aromatic nitrogens is 1. The van der Waals surface area contributed by atoms with Gasteiger partial charge in [-0.3, -0.25) is 0 Å². The molecule has 0 radical (unpaired) electrons. The number of rotatable bonds is 9. The summed E-state index contributed by atoms with van der Waals surface area (Å²) < 4.78 is 19.6. The predicted molar refractivity (Wildman–Crippen MR) is 75.8 cm³/mol. The number of halogens is 1. The molecule has 0 bridgehead atoms. The molecule has 1 atom stereocenters. The molecule has 0 aliphatic carbocycles. The van der Waals surface area contributed by atoms with E-state index >= 15 is 0 Å². The van der Waals surface area contributed by atoms with E-state index in [0.717, 1.165) is 12.8 Å². The van der Waals surface area contributed by atoms with Crippen molar-refractivity contribution in [3.8, 4) is 5.88 Å². The molecule has 0 saturated carbocycles. The minimum atomic E-state index is -0.345. The van der Waals surface area contributed by atoms with Crippen LogP contribution in [0.2, 0.25) is 0 Å². The number of hydrogen-bond donors (Lipinski definition) is 1. The van der Waals surface area contributed by atoms with Crippen molar-refractivity contribution in [2.75, 3.05) is 13.7 Å². The Balaban J connectivity index is 2.58. The first-order valence-electron chi connectivity index (χ1n) is 7.13. The molecule has 0 saturated heterocycles. The van der Waals surface area contributed by atoms with Crippen LogP contribution in [0.5, 0.6) is 5.88 Å². The third kappa shape index (κ3) is 5.15. The summed E-state index contributed by atoms with van der Waals surface area (Å²) in [5.41, 5.74) is 0.592. The zero-order valence-corrected chi connectivity index (χ0v) is 12.2. The summed E-state index contributed by atoms with van der Waals surface area (Å²) >= 11 is 0. The summed E-state index contributed by atoms with van der Waals surface area (Å²) in [5, 5.41) is 2.93. The van der Waals surface area contributed by atoms with E-state index in [1.807, 2.05) is 0 Å². The van der Waals surface area contributed by atoms with E-state index in [-0.39, 0.29) is 11.7 Å². The topological polar surface area (TPSA) is 34.1 Å². The number of ether oxygens (including phenoxy) is 1. The normalized spacial score (nSPS) is 12.4. The fraction of sp³-hybridized carbons (Fsp3) is 0.667. The highest BCUT2D eigenvalue weighted by molar-refractivity contribution is 5.23. The molecule has 1 rings (SSSR count). The van der Waals surface area contributed by atoms with E-state index in [1.165, 1.54) is 12.8 Å². The van der Waals surface area contributed by atoms with Gasteiger partial charge in [-0.05, 0) is 25.5 Å². The van der Waals surface area contributed by atoms with E-state index in [1.54, 1.807) is 19.3 Å². The molecule has 0 aliphatic rings. The van der Waals surface area contributed by atoms with Gasteiger partial charge in [-0.15, -0.1) is 0 Å². The summed E-state index contributed by atoms with van der Waals surface area (Å²) in [5.74, 6) is 0.263. The molecule has 1 heterocycles. The third-order valence-electron chi connectivity index (χ3n) is 3.30. The standard InChI is InChI=1S/C15H25FN2O/c1-4-6-7-12(5-2)11-19-15-14(16)13(10-17-3)8-9-18-15/h8-9,12,17H,4-7,10-11H2,1-3H3.